The first-order valence-corrected chi connectivity index (χ1v) is 7.37. The maximum Gasteiger partial charge on any atom is 0.222 e. The summed E-state index contributed by atoms with van der Waals surface area (Å²) in [6.45, 7) is 3.42. The van der Waals surface area contributed by atoms with Gasteiger partial charge in [0.1, 0.15) is 5.76 Å². The van der Waals surface area contributed by atoms with Crippen molar-refractivity contribution in [3.05, 3.63) is 54.0 Å². The summed E-state index contributed by atoms with van der Waals surface area (Å²) in [4.78, 5) is 14.3. The van der Waals surface area contributed by atoms with Gasteiger partial charge in [0.25, 0.3) is 0 Å². The number of benzene rings is 1. The van der Waals surface area contributed by atoms with E-state index in [1.807, 2.05) is 12.1 Å². The second-order valence-corrected chi connectivity index (χ2v) is 5.48. The Morgan fingerprint density at radius 1 is 1.33 bits per heavy atom. The highest BCUT2D eigenvalue weighted by Gasteiger charge is 2.25. The van der Waals surface area contributed by atoms with Crippen molar-refractivity contribution in [2.45, 2.75) is 32.4 Å². The van der Waals surface area contributed by atoms with Gasteiger partial charge < -0.3 is 14.6 Å². The average molecular weight is 284 g/mol. The number of fused-ring (bicyclic) bond motifs is 1. The van der Waals surface area contributed by atoms with Crippen LogP contribution < -0.4 is 10.2 Å². The van der Waals surface area contributed by atoms with Gasteiger partial charge in [-0.05, 0) is 37.1 Å². The number of anilines is 1. The van der Waals surface area contributed by atoms with Crippen molar-refractivity contribution in [2.24, 2.45) is 0 Å². The Labute approximate surface area is 124 Å². The first-order chi connectivity index (χ1) is 10.2. The third kappa shape index (κ3) is 3.10. The lowest BCUT2D eigenvalue weighted by Crippen LogP contribution is -2.34. The molecule has 4 nitrogen and oxygen atoms in total. The minimum atomic E-state index is 0.0583. The smallest absolute Gasteiger partial charge is 0.222 e. The van der Waals surface area contributed by atoms with Crippen LogP contribution in [0.3, 0.4) is 0 Å². The van der Waals surface area contributed by atoms with E-state index in [2.05, 4.69) is 41.4 Å². The van der Waals surface area contributed by atoms with Crippen molar-refractivity contribution in [3.63, 3.8) is 0 Å². The summed E-state index contributed by atoms with van der Waals surface area (Å²) in [6.07, 6.45) is 3.17. The predicted octanol–water partition coefficient (Wildman–Crippen LogP) is 2.74. The molecule has 1 atom stereocenters. The standard InChI is InChI=1S/C17H20N2O2/c1-13-11-14-5-2-3-7-16(14)19(13)9-8-17(20)18-12-15-6-4-10-21-15/h2-7,10,13H,8-9,11-12H2,1H3,(H,18,20). The highest BCUT2D eigenvalue weighted by atomic mass is 16.3. The van der Waals surface area contributed by atoms with Crippen LogP contribution in [0.4, 0.5) is 5.69 Å². The van der Waals surface area contributed by atoms with Crippen LogP contribution >= 0.6 is 0 Å². The van der Waals surface area contributed by atoms with E-state index < -0.39 is 0 Å². The van der Waals surface area contributed by atoms with E-state index in [1.54, 1.807) is 6.26 Å². The molecule has 2 heterocycles. The van der Waals surface area contributed by atoms with Crippen LogP contribution in [-0.2, 0) is 17.8 Å². The van der Waals surface area contributed by atoms with E-state index in [0.717, 1.165) is 18.7 Å². The molecule has 0 bridgehead atoms. The van der Waals surface area contributed by atoms with Gasteiger partial charge in [0, 0.05) is 24.7 Å². The van der Waals surface area contributed by atoms with Crippen molar-refractivity contribution in [1.29, 1.82) is 0 Å². The Morgan fingerprint density at radius 2 is 2.19 bits per heavy atom. The molecule has 1 amide bonds. The van der Waals surface area contributed by atoms with Crippen LogP contribution in [0.5, 0.6) is 0 Å². The summed E-state index contributed by atoms with van der Waals surface area (Å²) in [7, 11) is 0. The molecule has 1 unspecified atom stereocenters. The fourth-order valence-corrected chi connectivity index (χ4v) is 2.88. The number of nitrogens with zero attached hydrogens (tertiary/aromatic N) is 1. The Morgan fingerprint density at radius 3 is 3.00 bits per heavy atom. The number of nitrogens with one attached hydrogen (secondary N) is 1. The molecular formula is C17H20N2O2. The number of amides is 1. The van der Waals surface area contributed by atoms with Crippen LogP contribution in [0.2, 0.25) is 0 Å². The average Bonchev–Trinajstić information content (AvgIpc) is 3.10. The van der Waals surface area contributed by atoms with Crippen LogP contribution in [0.1, 0.15) is 24.7 Å². The molecule has 0 saturated heterocycles. The highest BCUT2D eigenvalue weighted by Crippen LogP contribution is 2.31. The summed E-state index contributed by atoms with van der Waals surface area (Å²) in [5.74, 6) is 0.839. The van der Waals surface area contributed by atoms with Crippen molar-refractivity contribution in [2.75, 3.05) is 11.4 Å². The Hall–Kier alpha value is -2.23. The van der Waals surface area contributed by atoms with Crippen molar-refractivity contribution in [1.82, 2.24) is 5.32 Å². The SMILES string of the molecule is CC1Cc2ccccc2N1CCC(=O)NCc1ccco1. The zero-order valence-corrected chi connectivity index (χ0v) is 12.2. The number of carbonyl (C=O) groups excluding carboxylic acids is 1. The molecule has 0 saturated carbocycles. The van der Waals surface area contributed by atoms with Gasteiger partial charge in [0.05, 0.1) is 12.8 Å². The lowest BCUT2D eigenvalue weighted by atomic mass is 10.1. The van der Waals surface area contributed by atoms with E-state index in [9.17, 15) is 4.79 Å². The van der Waals surface area contributed by atoms with Gasteiger partial charge in [-0.25, -0.2) is 0 Å². The quantitative estimate of drug-likeness (QED) is 0.918. The maximum absolute atomic E-state index is 11.9. The Balaban J connectivity index is 1.52. The number of hydrogen-bond donors (Lipinski definition) is 1. The number of hydrogen-bond acceptors (Lipinski definition) is 3. The second kappa shape index (κ2) is 6.04. The molecule has 3 rings (SSSR count). The molecule has 1 aromatic carbocycles. The second-order valence-electron chi connectivity index (χ2n) is 5.48. The molecular weight excluding hydrogens is 264 g/mol. The highest BCUT2D eigenvalue weighted by molar-refractivity contribution is 5.76. The van der Waals surface area contributed by atoms with Gasteiger partial charge >= 0.3 is 0 Å². The predicted molar refractivity (Wildman–Crippen MR) is 82.1 cm³/mol. The van der Waals surface area contributed by atoms with Crippen LogP contribution in [0, 0.1) is 0 Å². The third-order valence-electron chi connectivity index (χ3n) is 3.97. The van der Waals surface area contributed by atoms with Crippen LogP contribution in [0.15, 0.2) is 47.1 Å². The summed E-state index contributed by atoms with van der Waals surface area (Å²) in [5, 5.41) is 2.89. The molecule has 1 N–H and O–H groups in total. The molecule has 0 spiro atoms. The fourth-order valence-electron chi connectivity index (χ4n) is 2.88. The molecule has 21 heavy (non-hydrogen) atoms. The van der Waals surface area contributed by atoms with Crippen molar-refractivity contribution < 1.29 is 9.21 Å². The van der Waals surface area contributed by atoms with Crippen LogP contribution in [-0.4, -0.2) is 18.5 Å². The van der Waals surface area contributed by atoms with E-state index in [0.29, 0.717) is 19.0 Å². The van der Waals surface area contributed by atoms with Gasteiger partial charge in [0.2, 0.25) is 5.91 Å². The van der Waals surface area contributed by atoms with Gasteiger partial charge in [-0.2, -0.15) is 0 Å². The fraction of sp³-hybridized carbons (Fsp3) is 0.353. The minimum Gasteiger partial charge on any atom is -0.467 e. The largest absolute Gasteiger partial charge is 0.467 e. The van der Waals surface area contributed by atoms with E-state index >= 15 is 0 Å². The lowest BCUT2D eigenvalue weighted by Gasteiger charge is -2.24. The Kier molecular flexibility index (Phi) is 3.95. The number of furan rings is 1. The molecule has 2 aromatic rings. The van der Waals surface area contributed by atoms with Gasteiger partial charge in [-0.1, -0.05) is 18.2 Å². The topological polar surface area (TPSA) is 45.5 Å². The monoisotopic (exact) mass is 284 g/mol. The van der Waals surface area contributed by atoms with Crippen molar-refractivity contribution >= 4 is 11.6 Å². The first-order valence-electron chi connectivity index (χ1n) is 7.37. The van der Waals surface area contributed by atoms with Gasteiger partial charge in [-0.15, -0.1) is 0 Å². The summed E-state index contributed by atoms with van der Waals surface area (Å²) in [5.41, 5.74) is 2.64. The Bertz CT molecular complexity index is 607. The molecule has 0 fully saturated rings. The zero-order chi connectivity index (χ0) is 14.7. The maximum atomic E-state index is 11.9. The molecule has 1 aliphatic heterocycles. The zero-order valence-electron chi connectivity index (χ0n) is 12.2. The van der Waals surface area contributed by atoms with E-state index in [-0.39, 0.29) is 5.91 Å². The molecule has 0 aliphatic carbocycles. The summed E-state index contributed by atoms with van der Waals surface area (Å²) >= 11 is 0. The molecule has 1 aliphatic rings. The van der Waals surface area contributed by atoms with E-state index in [1.165, 1.54) is 11.3 Å². The number of rotatable bonds is 5. The summed E-state index contributed by atoms with van der Waals surface area (Å²) in [6, 6.07) is 12.6. The van der Waals surface area contributed by atoms with Crippen molar-refractivity contribution in [3.8, 4) is 0 Å². The summed E-state index contributed by atoms with van der Waals surface area (Å²) < 4.78 is 5.20. The third-order valence-corrected chi connectivity index (χ3v) is 3.97. The number of para-hydroxylation sites is 1. The minimum absolute atomic E-state index is 0.0583. The normalized spacial score (nSPS) is 16.8. The lowest BCUT2D eigenvalue weighted by molar-refractivity contribution is -0.121. The molecule has 1 aromatic heterocycles. The van der Waals surface area contributed by atoms with Gasteiger partial charge in [-0.3, -0.25) is 4.79 Å². The van der Waals surface area contributed by atoms with Crippen LogP contribution in [0.25, 0.3) is 0 Å². The first kappa shape index (κ1) is 13.7. The van der Waals surface area contributed by atoms with Gasteiger partial charge in [0.15, 0.2) is 0 Å². The molecule has 0 radical (unpaired) electrons. The molecule has 110 valence electrons. The number of carbonyl (C=O) groups is 1. The van der Waals surface area contributed by atoms with E-state index in [4.69, 9.17) is 4.42 Å². The molecule has 4 heteroatoms.